The summed E-state index contributed by atoms with van der Waals surface area (Å²) in [5.74, 6) is 0.541. The van der Waals surface area contributed by atoms with Crippen molar-refractivity contribution in [2.45, 2.75) is 12.5 Å². The average Bonchev–Trinajstić information content (AvgIpc) is 3.11. The number of hydrogen-bond acceptors (Lipinski definition) is 3. The van der Waals surface area contributed by atoms with E-state index < -0.39 is 6.10 Å². The van der Waals surface area contributed by atoms with Crippen LogP contribution < -0.4 is 4.74 Å². The lowest BCUT2D eigenvalue weighted by Gasteiger charge is -2.13. The van der Waals surface area contributed by atoms with Crippen molar-refractivity contribution >= 4 is 21.4 Å². The molecule has 1 aliphatic rings. The summed E-state index contributed by atoms with van der Waals surface area (Å²) in [5.41, 5.74) is 1.93. The van der Waals surface area contributed by atoms with Crippen molar-refractivity contribution < 1.29 is 14.2 Å². The van der Waals surface area contributed by atoms with Gasteiger partial charge in [0, 0.05) is 21.6 Å². The standard InChI is InChI=1S/C17H13FO2S/c18-12-4-5-14-11(8-12)9-15(21-14)16(19)13-3-1-2-10-6-7-20-17(10)13/h1-5,8-9,16,19H,6-7H2. The maximum Gasteiger partial charge on any atom is 0.128 e. The highest BCUT2D eigenvalue weighted by molar-refractivity contribution is 7.19. The van der Waals surface area contributed by atoms with Crippen LogP contribution in [0.5, 0.6) is 5.75 Å². The smallest absolute Gasteiger partial charge is 0.128 e. The predicted octanol–water partition coefficient (Wildman–Crippen LogP) is 4.06. The Labute approximate surface area is 125 Å². The predicted molar refractivity (Wildman–Crippen MR) is 81.5 cm³/mol. The minimum atomic E-state index is -0.737. The molecule has 0 bridgehead atoms. The number of hydrogen-bond donors (Lipinski definition) is 1. The maximum absolute atomic E-state index is 13.3. The number of para-hydroxylation sites is 1. The molecule has 4 rings (SSSR count). The van der Waals surface area contributed by atoms with E-state index in [1.807, 2.05) is 24.3 Å². The zero-order valence-electron chi connectivity index (χ0n) is 11.2. The summed E-state index contributed by atoms with van der Waals surface area (Å²) in [6.07, 6.45) is 0.145. The van der Waals surface area contributed by atoms with E-state index in [4.69, 9.17) is 4.74 Å². The molecule has 106 valence electrons. The lowest BCUT2D eigenvalue weighted by molar-refractivity contribution is 0.217. The fourth-order valence-corrected chi connectivity index (χ4v) is 3.83. The minimum Gasteiger partial charge on any atom is -0.493 e. The fraction of sp³-hybridized carbons (Fsp3) is 0.176. The van der Waals surface area contributed by atoms with Gasteiger partial charge in [-0.2, -0.15) is 0 Å². The quantitative estimate of drug-likeness (QED) is 0.773. The molecule has 0 saturated carbocycles. The van der Waals surface area contributed by atoms with E-state index >= 15 is 0 Å². The van der Waals surface area contributed by atoms with Gasteiger partial charge in [0.25, 0.3) is 0 Å². The Bertz CT molecular complexity index is 825. The van der Waals surface area contributed by atoms with Gasteiger partial charge in [0.2, 0.25) is 0 Å². The van der Waals surface area contributed by atoms with Gasteiger partial charge in [0.1, 0.15) is 17.7 Å². The number of thiophene rings is 1. The number of aliphatic hydroxyl groups is 1. The van der Waals surface area contributed by atoms with E-state index in [1.54, 1.807) is 6.07 Å². The Hall–Kier alpha value is -1.91. The van der Waals surface area contributed by atoms with Crippen LogP contribution in [0.1, 0.15) is 22.1 Å². The summed E-state index contributed by atoms with van der Waals surface area (Å²) < 4.78 is 19.9. The first-order chi connectivity index (χ1) is 10.2. The number of halogens is 1. The topological polar surface area (TPSA) is 29.5 Å². The van der Waals surface area contributed by atoms with E-state index in [9.17, 15) is 9.50 Å². The summed E-state index contributed by atoms with van der Waals surface area (Å²) in [6, 6.07) is 12.4. The van der Waals surface area contributed by atoms with Gasteiger partial charge in [-0.1, -0.05) is 18.2 Å². The van der Waals surface area contributed by atoms with Gasteiger partial charge in [-0.05, 0) is 35.2 Å². The van der Waals surface area contributed by atoms with E-state index in [-0.39, 0.29) is 5.82 Å². The van der Waals surface area contributed by atoms with Gasteiger partial charge in [0.05, 0.1) is 6.61 Å². The highest BCUT2D eigenvalue weighted by atomic mass is 32.1. The lowest BCUT2D eigenvalue weighted by atomic mass is 10.0. The first-order valence-corrected chi connectivity index (χ1v) is 7.66. The van der Waals surface area contributed by atoms with Crippen LogP contribution in [-0.2, 0) is 6.42 Å². The van der Waals surface area contributed by atoms with E-state index in [1.165, 1.54) is 23.5 Å². The molecule has 0 radical (unpaired) electrons. The molecule has 3 aromatic rings. The summed E-state index contributed by atoms with van der Waals surface area (Å²) in [4.78, 5) is 0.805. The number of rotatable bonds is 2. The molecule has 1 aromatic heterocycles. The fourth-order valence-electron chi connectivity index (χ4n) is 2.78. The normalized spacial score (nSPS) is 15.0. The Morgan fingerprint density at radius 1 is 1.19 bits per heavy atom. The molecule has 2 heterocycles. The van der Waals surface area contributed by atoms with Crippen LogP contribution in [0.15, 0.2) is 42.5 Å². The Morgan fingerprint density at radius 2 is 2.10 bits per heavy atom. The van der Waals surface area contributed by atoms with Crippen molar-refractivity contribution in [3.05, 3.63) is 64.3 Å². The number of fused-ring (bicyclic) bond motifs is 2. The monoisotopic (exact) mass is 300 g/mol. The highest BCUT2D eigenvalue weighted by Crippen LogP contribution is 2.39. The maximum atomic E-state index is 13.3. The second kappa shape index (κ2) is 4.83. The van der Waals surface area contributed by atoms with Crippen molar-refractivity contribution in [3.63, 3.8) is 0 Å². The van der Waals surface area contributed by atoms with Crippen LogP contribution in [0.3, 0.4) is 0 Å². The molecule has 0 saturated heterocycles. The zero-order chi connectivity index (χ0) is 14.4. The molecule has 21 heavy (non-hydrogen) atoms. The zero-order valence-corrected chi connectivity index (χ0v) is 12.0. The Kier molecular flexibility index (Phi) is 2.94. The SMILES string of the molecule is OC(c1cc2cc(F)ccc2s1)c1cccc2c1OCC2. The molecule has 1 aliphatic heterocycles. The van der Waals surface area contributed by atoms with Crippen LogP contribution in [0.4, 0.5) is 4.39 Å². The molecule has 0 spiro atoms. The van der Waals surface area contributed by atoms with Gasteiger partial charge in [-0.25, -0.2) is 4.39 Å². The summed E-state index contributed by atoms with van der Waals surface area (Å²) in [6.45, 7) is 0.663. The first-order valence-electron chi connectivity index (χ1n) is 6.84. The van der Waals surface area contributed by atoms with E-state index in [0.29, 0.717) is 6.61 Å². The Morgan fingerprint density at radius 3 is 3.00 bits per heavy atom. The van der Waals surface area contributed by atoms with Crippen LogP contribution in [0.25, 0.3) is 10.1 Å². The van der Waals surface area contributed by atoms with Gasteiger partial charge in [0.15, 0.2) is 0 Å². The van der Waals surface area contributed by atoms with E-state index in [2.05, 4.69) is 0 Å². The highest BCUT2D eigenvalue weighted by Gasteiger charge is 2.23. The second-order valence-electron chi connectivity index (χ2n) is 5.17. The number of ether oxygens (including phenoxy) is 1. The third-order valence-electron chi connectivity index (χ3n) is 3.81. The first kappa shape index (κ1) is 12.8. The van der Waals surface area contributed by atoms with Gasteiger partial charge >= 0.3 is 0 Å². The van der Waals surface area contributed by atoms with Crippen molar-refractivity contribution in [1.82, 2.24) is 0 Å². The molecule has 2 aromatic carbocycles. The van der Waals surface area contributed by atoms with Crippen LogP contribution >= 0.6 is 11.3 Å². The van der Waals surface area contributed by atoms with E-state index in [0.717, 1.165) is 38.3 Å². The third kappa shape index (κ3) is 2.11. The molecule has 0 fully saturated rings. The molecule has 1 atom stereocenters. The molecule has 4 heteroatoms. The van der Waals surface area contributed by atoms with Crippen molar-refractivity contribution in [1.29, 1.82) is 0 Å². The molecule has 1 N–H and O–H groups in total. The van der Waals surface area contributed by atoms with Crippen LogP contribution in [0.2, 0.25) is 0 Å². The van der Waals surface area contributed by atoms with Crippen LogP contribution in [0, 0.1) is 5.82 Å². The minimum absolute atomic E-state index is 0.259. The number of aliphatic hydroxyl groups excluding tert-OH is 1. The molecule has 2 nitrogen and oxygen atoms in total. The van der Waals surface area contributed by atoms with Crippen molar-refractivity contribution in [2.24, 2.45) is 0 Å². The summed E-state index contributed by atoms with van der Waals surface area (Å²) >= 11 is 1.48. The molecular weight excluding hydrogens is 287 g/mol. The van der Waals surface area contributed by atoms with Gasteiger partial charge in [-0.3, -0.25) is 0 Å². The number of benzene rings is 2. The van der Waals surface area contributed by atoms with Gasteiger partial charge < -0.3 is 9.84 Å². The summed E-state index contributed by atoms with van der Waals surface area (Å²) in [5, 5.41) is 11.5. The van der Waals surface area contributed by atoms with Crippen molar-refractivity contribution in [2.75, 3.05) is 6.61 Å². The largest absolute Gasteiger partial charge is 0.493 e. The molecular formula is C17H13FO2S. The second-order valence-corrected chi connectivity index (χ2v) is 6.28. The summed E-state index contributed by atoms with van der Waals surface area (Å²) in [7, 11) is 0. The van der Waals surface area contributed by atoms with Crippen LogP contribution in [-0.4, -0.2) is 11.7 Å². The molecule has 0 amide bonds. The molecule has 1 unspecified atom stereocenters. The molecule has 0 aliphatic carbocycles. The third-order valence-corrected chi connectivity index (χ3v) is 4.97. The van der Waals surface area contributed by atoms with Crippen molar-refractivity contribution in [3.8, 4) is 5.75 Å². The Balaban J connectivity index is 1.79. The lowest BCUT2D eigenvalue weighted by Crippen LogP contribution is -2.00. The van der Waals surface area contributed by atoms with Gasteiger partial charge in [-0.15, -0.1) is 11.3 Å². The average molecular weight is 300 g/mol.